The minimum absolute atomic E-state index is 0.198. The van der Waals surface area contributed by atoms with E-state index in [1.54, 1.807) is 4.90 Å². The van der Waals surface area contributed by atoms with E-state index in [-0.39, 0.29) is 18.7 Å². The largest absolute Gasteiger partial charge is 0.479 e. The molecule has 2 amide bonds. The first kappa shape index (κ1) is 14.7. The van der Waals surface area contributed by atoms with Gasteiger partial charge in [-0.2, -0.15) is 0 Å². The van der Waals surface area contributed by atoms with E-state index >= 15 is 0 Å². The molecule has 1 atom stereocenters. The van der Waals surface area contributed by atoms with Crippen molar-refractivity contribution in [2.75, 3.05) is 26.2 Å². The highest BCUT2D eigenvalue weighted by Gasteiger charge is 2.23. The fourth-order valence-corrected chi connectivity index (χ4v) is 1.84. The lowest BCUT2D eigenvalue weighted by Crippen LogP contribution is -2.48. The van der Waals surface area contributed by atoms with Gasteiger partial charge in [-0.1, -0.05) is 0 Å². The smallest absolute Gasteiger partial charge is 0.334 e. The van der Waals surface area contributed by atoms with Gasteiger partial charge in [-0.3, -0.25) is 0 Å². The van der Waals surface area contributed by atoms with Gasteiger partial charge in [0, 0.05) is 19.7 Å². The number of urea groups is 1. The third-order valence-electron chi connectivity index (χ3n) is 2.86. The van der Waals surface area contributed by atoms with Crippen LogP contribution in [0.5, 0.6) is 0 Å². The van der Waals surface area contributed by atoms with Crippen LogP contribution in [0, 0.1) is 0 Å². The van der Waals surface area contributed by atoms with E-state index in [2.05, 4.69) is 5.32 Å². The average Bonchev–Trinajstić information content (AvgIpc) is 2.36. The Hall–Kier alpha value is -1.34. The van der Waals surface area contributed by atoms with Gasteiger partial charge in [-0.05, 0) is 19.8 Å². The number of carboxylic acids is 1. The fourth-order valence-electron chi connectivity index (χ4n) is 1.84. The van der Waals surface area contributed by atoms with Gasteiger partial charge in [0.2, 0.25) is 0 Å². The Labute approximate surface area is 106 Å². The Morgan fingerprint density at radius 1 is 1.44 bits per heavy atom. The predicted molar refractivity (Wildman–Crippen MR) is 63.3 cm³/mol. The lowest BCUT2D eigenvalue weighted by Gasteiger charge is -2.31. The number of carbonyl (C=O) groups excluding carboxylic acids is 1. The van der Waals surface area contributed by atoms with E-state index in [1.807, 2.05) is 6.92 Å². The second-order valence-electron chi connectivity index (χ2n) is 4.18. The zero-order chi connectivity index (χ0) is 13.5. The summed E-state index contributed by atoms with van der Waals surface area (Å²) in [5, 5.41) is 19.9. The van der Waals surface area contributed by atoms with E-state index in [1.165, 1.54) is 0 Å². The summed E-state index contributed by atoms with van der Waals surface area (Å²) in [4.78, 5) is 23.6. The summed E-state index contributed by atoms with van der Waals surface area (Å²) in [6, 6.07) is -0.342. The van der Waals surface area contributed by atoms with Gasteiger partial charge in [0.05, 0.1) is 12.6 Å². The molecule has 0 aromatic heterocycles. The summed E-state index contributed by atoms with van der Waals surface area (Å²) in [6.45, 7) is 3.49. The number of piperidine rings is 1. The molecule has 3 N–H and O–H groups in total. The molecule has 0 radical (unpaired) electrons. The quantitative estimate of drug-likeness (QED) is 0.627. The number of aliphatic hydroxyl groups is 1. The highest BCUT2D eigenvalue weighted by molar-refractivity contribution is 5.76. The maximum absolute atomic E-state index is 11.7. The summed E-state index contributed by atoms with van der Waals surface area (Å²) in [6.07, 6.45) is 0.199. The number of hydrogen-bond acceptors (Lipinski definition) is 4. The number of carbonyl (C=O) groups is 2. The van der Waals surface area contributed by atoms with Gasteiger partial charge in [-0.25, -0.2) is 9.59 Å². The number of hydrogen-bond donors (Lipinski definition) is 3. The van der Waals surface area contributed by atoms with Crippen LogP contribution in [0.1, 0.15) is 19.8 Å². The van der Waals surface area contributed by atoms with Gasteiger partial charge in [-0.15, -0.1) is 0 Å². The molecule has 0 aliphatic carbocycles. The van der Waals surface area contributed by atoms with Gasteiger partial charge in [0.15, 0.2) is 6.10 Å². The summed E-state index contributed by atoms with van der Waals surface area (Å²) in [5.41, 5.74) is 0. The molecular formula is C11H20N2O5. The number of nitrogens with one attached hydrogen (secondary N) is 1. The summed E-state index contributed by atoms with van der Waals surface area (Å²) >= 11 is 0. The monoisotopic (exact) mass is 260 g/mol. The molecule has 1 unspecified atom stereocenters. The van der Waals surface area contributed by atoms with Crippen molar-refractivity contribution in [3.63, 3.8) is 0 Å². The third-order valence-corrected chi connectivity index (χ3v) is 2.86. The molecule has 1 heterocycles. The highest BCUT2D eigenvalue weighted by Crippen LogP contribution is 2.13. The van der Waals surface area contributed by atoms with E-state index in [9.17, 15) is 9.59 Å². The molecule has 0 spiro atoms. The standard InChI is InChI=1S/C11H20N2O5/c1-2-18-8-3-5-13(6-4-8)11(17)12-7-9(14)10(15)16/h8-9,14H,2-7H2,1H3,(H,12,17)(H,15,16). The molecular weight excluding hydrogens is 240 g/mol. The summed E-state index contributed by atoms with van der Waals surface area (Å²) in [7, 11) is 0. The number of nitrogens with zero attached hydrogens (tertiary/aromatic N) is 1. The van der Waals surface area contributed by atoms with Crippen LogP contribution >= 0.6 is 0 Å². The molecule has 1 rings (SSSR count). The van der Waals surface area contributed by atoms with Crippen molar-refractivity contribution in [2.45, 2.75) is 32.0 Å². The molecule has 1 aliphatic rings. The van der Waals surface area contributed by atoms with Crippen LogP contribution in [0.3, 0.4) is 0 Å². The van der Waals surface area contributed by atoms with E-state index < -0.39 is 12.1 Å². The third kappa shape index (κ3) is 4.50. The van der Waals surface area contributed by atoms with Crippen molar-refractivity contribution >= 4 is 12.0 Å². The zero-order valence-corrected chi connectivity index (χ0v) is 10.5. The second kappa shape index (κ2) is 7.17. The number of amides is 2. The summed E-state index contributed by atoms with van der Waals surface area (Å²) < 4.78 is 5.46. The lowest BCUT2D eigenvalue weighted by atomic mass is 10.1. The van der Waals surface area contributed by atoms with Crippen molar-refractivity contribution in [3.05, 3.63) is 0 Å². The van der Waals surface area contributed by atoms with Crippen LogP contribution in [0.4, 0.5) is 4.79 Å². The van der Waals surface area contributed by atoms with Crippen LogP contribution in [0.25, 0.3) is 0 Å². The molecule has 0 aromatic carbocycles. The number of carboxylic acid groups (broad SMARTS) is 1. The van der Waals surface area contributed by atoms with Crippen molar-refractivity contribution in [1.82, 2.24) is 10.2 Å². The first-order valence-electron chi connectivity index (χ1n) is 6.09. The van der Waals surface area contributed by atoms with Crippen LogP contribution in [-0.4, -0.2) is 65.6 Å². The van der Waals surface area contributed by atoms with Gasteiger partial charge in [0.1, 0.15) is 0 Å². The number of aliphatic carboxylic acids is 1. The van der Waals surface area contributed by atoms with Gasteiger partial charge >= 0.3 is 12.0 Å². The van der Waals surface area contributed by atoms with Crippen LogP contribution in [0.2, 0.25) is 0 Å². The Kier molecular flexibility index (Phi) is 5.87. The fraction of sp³-hybridized carbons (Fsp3) is 0.818. The topological polar surface area (TPSA) is 99.1 Å². The molecule has 0 bridgehead atoms. The normalized spacial score (nSPS) is 18.4. The molecule has 7 heteroatoms. The average molecular weight is 260 g/mol. The predicted octanol–water partition coefficient (Wildman–Crippen LogP) is -0.358. The van der Waals surface area contributed by atoms with E-state index in [0.29, 0.717) is 19.7 Å². The molecule has 18 heavy (non-hydrogen) atoms. The van der Waals surface area contributed by atoms with Crippen LogP contribution in [-0.2, 0) is 9.53 Å². The SMILES string of the molecule is CCOC1CCN(C(=O)NCC(O)C(=O)O)CC1. The van der Waals surface area contributed by atoms with Crippen molar-refractivity contribution < 1.29 is 24.5 Å². The molecule has 1 fully saturated rings. The zero-order valence-electron chi connectivity index (χ0n) is 10.5. The highest BCUT2D eigenvalue weighted by atomic mass is 16.5. The molecule has 1 saturated heterocycles. The van der Waals surface area contributed by atoms with Gasteiger partial charge in [0.25, 0.3) is 0 Å². The number of likely N-dealkylation sites (tertiary alicyclic amines) is 1. The van der Waals surface area contributed by atoms with Crippen molar-refractivity contribution in [1.29, 1.82) is 0 Å². The minimum Gasteiger partial charge on any atom is -0.479 e. The lowest BCUT2D eigenvalue weighted by molar-refractivity contribution is -0.146. The molecule has 0 aromatic rings. The minimum atomic E-state index is -1.56. The summed E-state index contributed by atoms with van der Waals surface area (Å²) in [5.74, 6) is -1.34. The number of rotatable bonds is 5. The Morgan fingerprint density at radius 3 is 2.56 bits per heavy atom. The molecule has 1 aliphatic heterocycles. The molecule has 0 saturated carbocycles. The first-order valence-corrected chi connectivity index (χ1v) is 6.09. The Bertz CT molecular complexity index is 289. The second-order valence-corrected chi connectivity index (χ2v) is 4.18. The molecule has 104 valence electrons. The van der Waals surface area contributed by atoms with E-state index in [0.717, 1.165) is 12.8 Å². The maximum atomic E-state index is 11.7. The van der Waals surface area contributed by atoms with Crippen LogP contribution in [0.15, 0.2) is 0 Å². The van der Waals surface area contributed by atoms with Crippen molar-refractivity contribution in [2.24, 2.45) is 0 Å². The number of ether oxygens (including phenoxy) is 1. The molecule has 7 nitrogen and oxygen atoms in total. The van der Waals surface area contributed by atoms with Crippen molar-refractivity contribution in [3.8, 4) is 0 Å². The maximum Gasteiger partial charge on any atom is 0.334 e. The van der Waals surface area contributed by atoms with Gasteiger partial charge < -0.3 is 25.2 Å². The Balaban J connectivity index is 2.25. The van der Waals surface area contributed by atoms with Crippen LogP contribution < -0.4 is 5.32 Å². The van der Waals surface area contributed by atoms with E-state index in [4.69, 9.17) is 14.9 Å². The number of aliphatic hydroxyl groups excluding tert-OH is 1. The first-order chi connectivity index (χ1) is 8.54. The Morgan fingerprint density at radius 2 is 2.06 bits per heavy atom.